The van der Waals surface area contributed by atoms with Crippen LogP contribution < -0.4 is 10.5 Å². The molecule has 0 aliphatic carbocycles. The van der Waals surface area contributed by atoms with Crippen LogP contribution in [0.2, 0.25) is 0 Å². The molecule has 0 aromatic heterocycles. The van der Waals surface area contributed by atoms with E-state index in [0.29, 0.717) is 25.9 Å². The van der Waals surface area contributed by atoms with Crippen molar-refractivity contribution in [3.8, 4) is 5.75 Å². The smallest absolute Gasteiger partial charge is 0.405 e. The number of carbonyl (C=O) groups excluding carboxylic acids is 2. The number of hydrogen-bond acceptors (Lipinski definition) is 3. The Morgan fingerprint density at radius 1 is 1.21 bits per heavy atom. The topological polar surface area (TPSA) is 72.6 Å². The van der Waals surface area contributed by atoms with Gasteiger partial charge < -0.3 is 15.4 Å². The second-order valence-electron chi connectivity index (χ2n) is 5.42. The predicted molar refractivity (Wildman–Crippen MR) is 80.7 cm³/mol. The molecule has 0 bridgehead atoms. The molecular formula is C16H17F3N2O3. The number of likely N-dealkylation sites (tertiary alicyclic amines) is 1. The van der Waals surface area contributed by atoms with E-state index in [1.54, 1.807) is 6.07 Å². The lowest BCUT2D eigenvalue weighted by Crippen LogP contribution is -2.41. The van der Waals surface area contributed by atoms with Crippen molar-refractivity contribution in [3.05, 3.63) is 35.9 Å². The molecule has 0 radical (unpaired) electrons. The van der Waals surface area contributed by atoms with E-state index in [4.69, 9.17) is 5.73 Å². The van der Waals surface area contributed by atoms with Crippen LogP contribution in [-0.2, 0) is 9.59 Å². The van der Waals surface area contributed by atoms with Crippen LogP contribution in [0, 0.1) is 5.92 Å². The average Bonchev–Trinajstić information content (AvgIpc) is 2.52. The number of halogens is 3. The summed E-state index contributed by atoms with van der Waals surface area (Å²) in [4.78, 5) is 24.7. The molecule has 1 aromatic rings. The van der Waals surface area contributed by atoms with Crippen LogP contribution >= 0.6 is 0 Å². The van der Waals surface area contributed by atoms with Gasteiger partial charge in [0.2, 0.25) is 11.8 Å². The van der Waals surface area contributed by atoms with E-state index in [1.807, 2.05) is 0 Å². The number of rotatable bonds is 4. The molecule has 8 heteroatoms. The lowest BCUT2D eigenvalue weighted by Gasteiger charge is -2.29. The number of nitrogens with zero attached hydrogens (tertiary/aromatic N) is 1. The molecule has 1 aliphatic heterocycles. The van der Waals surface area contributed by atoms with Gasteiger partial charge in [0.15, 0.2) is 0 Å². The average molecular weight is 342 g/mol. The predicted octanol–water partition coefficient (Wildman–Crippen LogP) is 2.32. The molecule has 1 heterocycles. The van der Waals surface area contributed by atoms with Crippen molar-refractivity contribution in [1.29, 1.82) is 0 Å². The Labute approximate surface area is 136 Å². The maximum atomic E-state index is 12.4. The minimum atomic E-state index is -4.80. The van der Waals surface area contributed by atoms with E-state index in [9.17, 15) is 22.8 Å². The molecule has 2 N–H and O–H groups in total. The largest absolute Gasteiger partial charge is 0.573 e. The lowest BCUT2D eigenvalue weighted by atomic mass is 9.96. The third-order valence-electron chi connectivity index (χ3n) is 3.76. The van der Waals surface area contributed by atoms with Gasteiger partial charge in [0.05, 0.1) is 0 Å². The Balaban J connectivity index is 2.01. The molecular weight excluding hydrogens is 325 g/mol. The Morgan fingerprint density at radius 2 is 1.83 bits per heavy atom. The highest BCUT2D eigenvalue weighted by molar-refractivity contribution is 5.92. The van der Waals surface area contributed by atoms with Crippen molar-refractivity contribution in [2.24, 2.45) is 11.7 Å². The van der Waals surface area contributed by atoms with Crippen molar-refractivity contribution in [2.45, 2.75) is 19.2 Å². The van der Waals surface area contributed by atoms with Gasteiger partial charge in [0.1, 0.15) is 5.75 Å². The van der Waals surface area contributed by atoms with Gasteiger partial charge in [-0.3, -0.25) is 9.59 Å². The number of carbonyl (C=O) groups is 2. The molecule has 0 unspecified atom stereocenters. The van der Waals surface area contributed by atoms with E-state index < -0.39 is 6.36 Å². The molecule has 2 rings (SSSR count). The van der Waals surface area contributed by atoms with Crippen molar-refractivity contribution < 1.29 is 27.5 Å². The van der Waals surface area contributed by atoms with E-state index in [0.717, 1.165) is 0 Å². The summed E-state index contributed by atoms with van der Waals surface area (Å²) in [6.07, 6.45) is -1.34. The Morgan fingerprint density at radius 3 is 2.42 bits per heavy atom. The minimum Gasteiger partial charge on any atom is -0.405 e. The number of ether oxygens (including phenoxy) is 1. The third kappa shape index (κ3) is 5.00. The number of piperidine rings is 1. The molecule has 0 spiro atoms. The van der Waals surface area contributed by atoms with E-state index in [1.165, 1.54) is 35.3 Å². The van der Waals surface area contributed by atoms with Crippen molar-refractivity contribution in [1.82, 2.24) is 4.90 Å². The number of para-hydroxylation sites is 1. The second kappa shape index (κ2) is 7.37. The highest BCUT2D eigenvalue weighted by Gasteiger charge is 2.31. The van der Waals surface area contributed by atoms with Crippen LogP contribution in [0.15, 0.2) is 30.3 Å². The fourth-order valence-electron chi connectivity index (χ4n) is 2.49. The van der Waals surface area contributed by atoms with Gasteiger partial charge in [-0.25, -0.2) is 0 Å². The first-order chi connectivity index (χ1) is 11.3. The standard InChI is InChI=1S/C16H17F3N2O3/c17-16(18,19)24-13-4-2-1-3-11(13)5-6-14(22)21-9-7-12(8-10-21)15(20)23/h1-6,12H,7-10H2,(H2,20,23). The maximum Gasteiger partial charge on any atom is 0.573 e. The van der Waals surface area contributed by atoms with E-state index in [-0.39, 0.29) is 29.0 Å². The summed E-state index contributed by atoms with van der Waals surface area (Å²) in [5.41, 5.74) is 5.38. The Hall–Kier alpha value is -2.51. The zero-order chi connectivity index (χ0) is 17.7. The van der Waals surface area contributed by atoms with E-state index >= 15 is 0 Å². The van der Waals surface area contributed by atoms with Crippen LogP contribution in [0.1, 0.15) is 18.4 Å². The van der Waals surface area contributed by atoms with Gasteiger partial charge in [0, 0.05) is 30.6 Å². The van der Waals surface area contributed by atoms with Crippen LogP contribution in [0.5, 0.6) is 5.75 Å². The van der Waals surface area contributed by atoms with Crippen molar-refractivity contribution in [3.63, 3.8) is 0 Å². The molecule has 24 heavy (non-hydrogen) atoms. The van der Waals surface area contributed by atoms with Crippen LogP contribution in [0.25, 0.3) is 6.08 Å². The van der Waals surface area contributed by atoms with Crippen LogP contribution in [0.4, 0.5) is 13.2 Å². The number of primary amides is 1. The molecule has 0 saturated carbocycles. The third-order valence-corrected chi connectivity index (χ3v) is 3.76. The van der Waals surface area contributed by atoms with Crippen molar-refractivity contribution >= 4 is 17.9 Å². The summed E-state index contributed by atoms with van der Waals surface area (Å²) in [5, 5.41) is 0. The first-order valence-corrected chi connectivity index (χ1v) is 7.37. The molecule has 0 atom stereocenters. The van der Waals surface area contributed by atoms with Gasteiger partial charge in [-0.15, -0.1) is 13.2 Å². The molecule has 2 amide bonds. The molecule has 1 fully saturated rings. The van der Waals surface area contributed by atoms with Gasteiger partial charge in [-0.1, -0.05) is 18.2 Å². The number of benzene rings is 1. The van der Waals surface area contributed by atoms with Gasteiger partial charge in [-0.05, 0) is 25.0 Å². The van der Waals surface area contributed by atoms with Crippen LogP contribution in [0.3, 0.4) is 0 Å². The van der Waals surface area contributed by atoms with E-state index in [2.05, 4.69) is 4.74 Å². The lowest BCUT2D eigenvalue weighted by molar-refractivity contribution is -0.274. The summed E-state index contributed by atoms with van der Waals surface area (Å²) in [6, 6.07) is 5.56. The summed E-state index contributed by atoms with van der Waals surface area (Å²) < 4.78 is 41.0. The fourth-order valence-corrected chi connectivity index (χ4v) is 2.49. The van der Waals surface area contributed by atoms with Gasteiger partial charge in [-0.2, -0.15) is 0 Å². The maximum absolute atomic E-state index is 12.4. The molecule has 1 aromatic carbocycles. The SMILES string of the molecule is NC(=O)C1CCN(C(=O)C=Cc2ccccc2OC(F)(F)F)CC1. The monoisotopic (exact) mass is 342 g/mol. The van der Waals surface area contributed by atoms with Gasteiger partial charge in [0.25, 0.3) is 0 Å². The zero-order valence-electron chi connectivity index (χ0n) is 12.8. The Bertz CT molecular complexity index is 636. The molecule has 1 saturated heterocycles. The van der Waals surface area contributed by atoms with Crippen molar-refractivity contribution in [2.75, 3.05) is 13.1 Å². The highest BCUT2D eigenvalue weighted by atomic mass is 19.4. The summed E-state index contributed by atoms with van der Waals surface area (Å²) in [7, 11) is 0. The fraction of sp³-hybridized carbons (Fsp3) is 0.375. The minimum absolute atomic E-state index is 0.148. The Kier molecular flexibility index (Phi) is 5.48. The quantitative estimate of drug-likeness (QED) is 0.854. The van der Waals surface area contributed by atoms with Crippen LogP contribution in [-0.4, -0.2) is 36.2 Å². The number of amides is 2. The summed E-state index contributed by atoms with van der Waals surface area (Å²) >= 11 is 0. The second-order valence-corrected chi connectivity index (χ2v) is 5.42. The number of nitrogens with two attached hydrogens (primary N) is 1. The number of alkyl halides is 3. The highest BCUT2D eigenvalue weighted by Crippen LogP contribution is 2.27. The molecule has 1 aliphatic rings. The normalized spacial score (nSPS) is 16.4. The first kappa shape index (κ1) is 17.8. The summed E-state index contributed by atoms with van der Waals surface area (Å²) in [6.45, 7) is 0.773. The zero-order valence-corrected chi connectivity index (χ0v) is 12.8. The molecule has 5 nitrogen and oxygen atoms in total. The van der Waals surface area contributed by atoms with Gasteiger partial charge >= 0.3 is 6.36 Å². The first-order valence-electron chi connectivity index (χ1n) is 7.37. The summed E-state index contributed by atoms with van der Waals surface area (Å²) in [5.74, 6) is -1.32. The molecule has 130 valence electrons. The number of hydrogen-bond donors (Lipinski definition) is 1.